The third-order valence-corrected chi connectivity index (χ3v) is 6.72. The average molecular weight is 454 g/mol. The average Bonchev–Trinajstić information content (AvgIpc) is 3.22. The number of benzene rings is 2. The summed E-state index contributed by atoms with van der Waals surface area (Å²) in [4.78, 5) is 24.6. The predicted molar refractivity (Wildman–Crippen MR) is 108 cm³/mol. The topological polar surface area (TPSA) is 104 Å². The Labute approximate surface area is 174 Å². The summed E-state index contributed by atoms with van der Waals surface area (Å²) in [6.45, 7) is 0. The lowest BCUT2D eigenvalue weighted by Crippen LogP contribution is -2.42. The van der Waals surface area contributed by atoms with Gasteiger partial charge in [-0.1, -0.05) is 29.8 Å². The summed E-state index contributed by atoms with van der Waals surface area (Å²) >= 11 is 6.84. The summed E-state index contributed by atoms with van der Waals surface area (Å²) in [5, 5.41) is 1.49. The van der Waals surface area contributed by atoms with E-state index in [4.69, 9.17) is 11.6 Å². The molecular formula is C18H13ClFN3O4S2. The van der Waals surface area contributed by atoms with E-state index in [-0.39, 0.29) is 26.0 Å². The molecule has 0 spiro atoms. The van der Waals surface area contributed by atoms with E-state index < -0.39 is 27.7 Å². The van der Waals surface area contributed by atoms with Crippen molar-refractivity contribution in [3.63, 3.8) is 0 Å². The maximum absolute atomic E-state index is 13.1. The number of para-hydroxylation sites is 1. The van der Waals surface area contributed by atoms with E-state index in [0.29, 0.717) is 0 Å². The van der Waals surface area contributed by atoms with Gasteiger partial charge in [0.25, 0.3) is 21.8 Å². The van der Waals surface area contributed by atoms with Crippen LogP contribution in [0, 0.1) is 5.82 Å². The first-order chi connectivity index (χ1) is 13.8. The third kappa shape index (κ3) is 4.91. The monoisotopic (exact) mass is 453 g/mol. The van der Waals surface area contributed by atoms with Crippen LogP contribution in [0.25, 0.3) is 0 Å². The minimum atomic E-state index is -3.86. The van der Waals surface area contributed by atoms with E-state index in [0.717, 1.165) is 23.5 Å². The smallest absolute Gasteiger partial charge is 0.271 e. The van der Waals surface area contributed by atoms with Crippen LogP contribution < -0.4 is 15.6 Å². The molecule has 3 rings (SSSR count). The molecule has 29 heavy (non-hydrogen) atoms. The van der Waals surface area contributed by atoms with Gasteiger partial charge >= 0.3 is 0 Å². The van der Waals surface area contributed by atoms with Crippen molar-refractivity contribution >= 4 is 50.5 Å². The Hall–Kier alpha value is -2.95. The zero-order valence-corrected chi connectivity index (χ0v) is 16.9. The fraction of sp³-hybridized carbons (Fsp3) is 0. The van der Waals surface area contributed by atoms with Crippen molar-refractivity contribution < 1.29 is 22.4 Å². The number of hydrogen-bond acceptors (Lipinski definition) is 5. The minimum absolute atomic E-state index is 0.0156. The number of carbonyl (C=O) groups excluding carboxylic acids is 2. The molecule has 3 N–H and O–H groups in total. The standard InChI is InChI=1S/C18H13ClFN3O4S2/c19-14-10-11(20)7-8-12(14)17(24)21-22-18(25)13-4-1-2-5-15(13)23-29(26,27)16-6-3-9-28-16/h1-10,23H,(H,21,24)(H,22,25). The summed E-state index contributed by atoms with van der Waals surface area (Å²) in [5.41, 5.74) is 4.31. The molecule has 0 unspecified atom stereocenters. The van der Waals surface area contributed by atoms with Gasteiger partial charge in [-0.15, -0.1) is 11.3 Å². The Morgan fingerprint density at radius 1 is 0.931 bits per heavy atom. The van der Waals surface area contributed by atoms with E-state index >= 15 is 0 Å². The third-order valence-electron chi connectivity index (χ3n) is 3.64. The van der Waals surface area contributed by atoms with Crippen molar-refractivity contribution in [2.75, 3.05) is 4.72 Å². The van der Waals surface area contributed by atoms with Crippen LogP contribution in [0.15, 0.2) is 64.2 Å². The number of carbonyl (C=O) groups is 2. The Morgan fingerprint density at radius 3 is 2.28 bits per heavy atom. The van der Waals surface area contributed by atoms with Crippen LogP contribution in [0.1, 0.15) is 20.7 Å². The first-order valence-corrected chi connectivity index (χ1v) is 10.7. The molecule has 2 aromatic carbocycles. The zero-order valence-electron chi connectivity index (χ0n) is 14.5. The van der Waals surface area contributed by atoms with Crippen LogP contribution in [-0.4, -0.2) is 20.2 Å². The summed E-state index contributed by atoms with van der Waals surface area (Å²) in [6.07, 6.45) is 0. The maximum Gasteiger partial charge on any atom is 0.271 e. The molecule has 0 aliphatic heterocycles. The molecule has 3 aromatic rings. The second-order valence-electron chi connectivity index (χ2n) is 5.62. The number of hydrazine groups is 1. The maximum atomic E-state index is 13.1. The molecule has 0 radical (unpaired) electrons. The van der Waals surface area contributed by atoms with Crippen LogP contribution in [-0.2, 0) is 10.0 Å². The van der Waals surface area contributed by atoms with Gasteiger partial charge < -0.3 is 0 Å². The molecule has 0 bridgehead atoms. The molecule has 2 amide bonds. The Balaban J connectivity index is 1.74. The van der Waals surface area contributed by atoms with Gasteiger partial charge in [0.1, 0.15) is 10.0 Å². The molecule has 7 nitrogen and oxygen atoms in total. The number of sulfonamides is 1. The number of halogens is 2. The van der Waals surface area contributed by atoms with Crippen molar-refractivity contribution in [1.29, 1.82) is 0 Å². The lowest BCUT2D eigenvalue weighted by atomic mass is 10.2. The number of hydrogen-bond donors (Lipinski definition) is 3. The van der Waals surface area contributed by atoms with Crippen LogP contribution in [0.4, 0.5) is 10.1 Å². The Kier molecular flexibility index (Phi) is 6.16. The predicted octanol–water partition coefficient (Wildman–Crippen LogP) is 3.42. The first-order valence-electron chi connectivity index (χ1n) is 7.99. The SMILES string of the molecule is O=C(NNC(=O)c1ccccc1NS(=O)(=O)c1cccs1)c1ccc(F)cc1Cl. The van der Waals surface area contributed by atoms with Crippen molar-refractivity contribution in [2.45, 2.75) is 4.21 Å². The molecule has 1 heterocycles. The molecule has 11 heteroatoms. The molecular weight excluding hydrogens is 441 g/mol. The summed E-state index contributed by atoms with van der Waals surface area (Å²) < 4.78 is 40.3. The molecule has 150 valence electrons. The van der Waals surface area contributed by atoms with Crippen molar-refractivity contribution in [3.8, 4) is 0 Å². The number of rotatable bonds is 5. The molecule has 1 aromatic heterocycles. The van der Waals surface area contributed by atoms with Gasteiger partial charge in [-0.05, 0) is 41.8 Å². The van der Waals surface area contributed by atoms with Crippen molar-refractivity contribution in [2.24, 2.45) is 0 Å². The quantitative estimate of drug-likeness (QED) is 0.515. The highest BCUT2D eigenvalue weighted by atomic mass is 35.5. The lowest BCUT2D eigenvalue weighted by molar-refractivity contribution is 0.0847. The van der Waals surface area contributed by atoms with E-state index in [9.17, 15) is 22.4 Å². The largest absolute Gasteiger partial charge is 0.278 e. The van der Waals surface area contributed by atoms with E-state index in [1.54, 1.807) is 17.5 Å². The number of anilines is 1. The number of thiophene rings is 1. The molecule has 0 atom stereocenters. The van der Waals surface area contributed by atoms with Gasteiger partial charge in [0.05, 0.1) is 21.8 Å². The summed E-state index contributed by atoms with van der Waals surface area (Å²) in [6, 6.07) is 12.1. The zero-order chi connectivity index (χ0) is 21.0. The highest BCUT2D eigenvalue weighted by molar-refractivity contribution is 7.94. The van der Waals surface area contributed by atoms with Crippen LogP contribution >= 0.6 is 22.9 Å². The van der Waals surface area contributed by atoms with E-state index in [1.165, 1.54) is 30.3 Å². The van der Waals surface area contributed by atoms with Gasteiger partial charge in [0.2, 0.25) is 0 Å². The van der Waals surface area contributed by atoms with Crippen LogP contribution in [0.5, 0.6) is 0 Å². The molecule has 0 saturated heterocycles. The summed E-state index contributed by atoms with van der Waals surface area (Å²) in [5.74, 6) is -2.14. The van der Waals surface area contributed by atoms with Crippen molar-refractivity contribution in [3.05, 3.63) is 81.9 Å². The van der Waals surface area contributed by atoms with Crippen LogP contribution in [0.2, 0.25) is 5.02 Å². The number of nitrogens with one attached hydrogen (secondary N) is 3. The Morgan fingerprint density at radius 2 is 1.62 bits per heavy atom. The second-order valence-corrected chi connectivity index (χ2v) is 8.88. The second kappa shape index (κ2) is 8.60. The Bertz CT molecular complexity index is 1170. The first kappa shape index (κ1) is 20.8. The molecule has 0 aliphatic rings. The fourth-order valence-electron chi connectivity index (χ4n) is 2.30. The fourth-order valence-corrected chi connectivity index (χ4v) is 4.63. The van der Waals surface area contributed by atoms with E-state index in [1.807, 2.05) is 0 Å². The van der Waals surface area contributed by atoms with Gasteiger partial charge in [-0.25, -0.2) is 12.8 Å². The molecule has 0 saturated carbocycles. The highest BCUT2D eigenvalue weighted by Gasteiger charge is 2.20. The van der Waals surface area contributed by atoms with Gasteiger partial charge in [-0.2, -0.15) is 0 Å². The van der Waals surface area contributed by atoms with Gasteiger partial charge in [0, 0.05) is 0 Å². The number of amides is 2. The molecule has 0 aliphatic carbocycles. The lowest BCUT2D eigenvalue weighted by Gasteiger charge is -2.13. The van der Waals surface area contributed by atoms with Crippen molar-refractivity contribution in [1.82, 2.24) is 10.9 Å². The highest BCUT2D eigenvalue weighted by Crippen LogP contribution is 2.23. The van der Waals surface area contributed by atoms with Gasteiger partial charge in [-0.3, -0.25) is 25.2 Å². The van der Waals surface area contributed by atoms with Crippen LogP contribution in [0.3, 0.4) is 0 Å². The molecule has 0 fully saturated rings. The summed E-state index contributed by atoms with van der Waals surface area (Å²) in [7, 11) is -3.86. The normalized spacial score (nSPS) is 11.0. The van der Waals surface area contributed by atoms with E-state index in [2.05, 4.69) is 15.6 Å². The van der Waals surface area contributed by atoms with Gasteiger partial charge in [0.15, 0.2) is 0 Å². The minimum Gasteiger partial charge on any atom is -0.278 e.